The maximum absolute atomic E-state index is 13.9. The molecular weight excluding hydrogens is 719 g/mol. The molecule has 23 heteroatoms. The van der Waals surface area contributed by atoms with Crippen LogP contribution in [0.4, 0.5) is 92.2 Å². The van der Waals surface area contributed by atoms with Crippen molar-refractivity contribution in [1.29, 1.82) is 0 Å². The Bertz CT molecular complexity index is 1060. The molecular formula is C24H25F21O2. The highest BCUT2D eigenvalue weighted by Crippen LogP contribution is 2.66. The van der Waals surface area contributed by atoms with E-state index in [2.05, 4.69) is 6.58 Å². The molecule has 0 bridgehead atoms. The van der Waals surface area contributed by atoms with Gasteiger partial charge in [0.15, 0.2) is 0 Å². The van der Waals surface area contributed by atoms with Gasteiger partial charge in [-0.15, -0.1) is 0 Å². The average Bonchev–Trinajstić information content (AvgIpc) is 2.89. The van der Waals surface area contributed by atoms with E-state index < -0.39 is 84.7 Å². The lowest BCUT2D eigenvalue weighted by Gasteiger charge is -2.44. The van der Waals surface area contributed by atoms with Crippen molar-refractivity contribution >= 4 is 5.97 Å². The normalized spacial score (nSPS) is 15.2. The van der Waals surface area contributed by atoms with Crippen LogP contribution in [0.2, 0.25) is 0 Å². The second kappa shape index (κ2) is 14.3. The molecule has 0 saturated carbocycles. The molecule has 280 valence electrons. The Morgan fingerprint density at radius 2 is 0.723 bits per heavy atom. The van der Waals surface area contributed by atoms with Gasteiger partial charge in [0.25, 0.3) is 0 Å². The first-order valence-corrected chi connectivity index (χ1v) is 12.9. The number of ether oxygens (including phenoxy) is 1. The van der Waals surface area contributed by atoms with Crippen molar-refractivity contribution in [1.82, 2.24) is 0 Å². The summed E-state index contributed by atoms with van der Waals surface area (Å²) in [6.45, 7) is 4.73. The SMILES string of the molecule is C=C(C)C(=O)OCCCCCCCCCCC(F)(F)C(F)(F)C(F)(F)C(F)(F)C(F)(F)C(F)(F)C(F)(F)C(F)(F)C(F)(F)C(F)(F)F. The maximum atomic E-state index is 13.9. The molecule has 0 N–H and O–H groups in total. The molecule has 47 heavy (non-hydrogen) atoms. The molecule has 2 nitrogen and oxygen atoms in total. The second-order valence-corrected chi connectivity index (χ2v) is 10.3. The van der Waals surface area contributed by atoms with Gasteiger partial charge in [0.2, 0.25) is 0 Å². The molecule has 0 unspecified atom stereocenters. The van der Waals surface area contributed by atoms with E-state index in [0.717, 1.165) is 0 Å². The third-order valence-electron chi connectivity index (χ3n) is 6.54. The van der Waals surface area contributed by atoms with E-state index in [0.29, 0.717) is 25.7 Å². The Morgan fingerprint density at radius 1 is 0.447 bits per heavy atom. The zero-order valence-corrected chi connectivity index (χ0v) is 23.5. The van der Waals surface area contributed by atoms with Crippen LogP contribution in [0.5, 0.6) is 0 Å². The van der Waals surface area contributed by atoms with Gasteiger partial charge in [-0.1, -0.05) is 45.1 Å². The molecule has 0 aromatic carbocycles. The molecule has 0 aromatic rings. The van der Waals surface area contributed by atoms with Gasteiger partial charge >= 0.3 is 65.4 Å². The van der Waals surface area contributed by atoms with Crippen LogP contribution in [0, 0.1) is 0 Å². The Hall–Kier alpha value is -2.26. The van der Waals surface area contributed by atoms with E-state index in [1.165, 1.54) is 6.92 Å². The van der Waals surface area contributed by atoms with Crippen LogP contribution in [0.25, 0.3) is 0 Å². The van der Waals surface area contributed by atoms with Gasteiger partial charge in [-0.2, -0.15) is 92.2 Å². The van der Waals surface area contributed by atoms with Crippen molar-refractivity contribution in [3.05, 3.63) is 12.2 Å². The van der Waals surface area contributed by atoms with Crippen LogP contribution in [0.15, 0.2) is 12.2 Å². The first kappa shape index (κ1) is 44.7. The summed E-state index contributed by atoms with van der Waals surface area (Å²) in [5.41, 5.74) is 0.135. The van der Waals surface area contributed by atoms with E-state index in [1.807, 2.05) is 0 Å². The number of carbonyl (C=O) groups excluding carboxylic acids is 1. The number of alkyl halides is 21. The fourth-order valence-electron chi connectivity index (χ4n) is 3.55. The first-order valence-electron chi connectivity index (χ1n) is 12.9. The standard InChI is InChI=1S/C24H25F21O2/c1-13(2)14(46)47-12-10-8-6-4-3-5-7-9-11-15(25,26)16(27,28)17(29,30)18(31,32)19(33,34)20(35,36)21(37,38)22(39,40)23(41,42)24(43,44)45/h1,3-12H2,2H3. The Morgan fingerprint density at radius 3 is 1.04 bits per heavy atom. The largest absolute Gasteiger partial charge is 0.462 e. The summed E-state index contributed by atoms with van der Waals surface area (Å²) in [6.07, 6.45) is -10.7. The van der Waals surface area contributed by atoms with Crippen molar-refractivity contribution in [2.75, 3.05) is 6.61 Å². The van der Waals surface area contributed by atoms with Gasteiger partial charge < -0.3 is 4.74 Å². The summed E-state index contributed by atoms with van der Waals surface area (Å²) < 4.78 is 286. The van der Waals surface area contributed by atoms with Crippen molar-refractivity contribution in [2.45, 2.75) is 124 Å². The van der Waals surface area contributed by atoms with E-state index in [9.17, 15) is 97.0 Å². The molecule has 0 heterocycles. The quantitative estimate of drug-likeness (QED) is 0.0537. The summed E-state index contributed by atoms with van der Waals surface area (Å²) in [5, 5.41) is 0. The second-order valence-electron chi connectivity index (χ2n) is 10.3. The Kier molecular flexibility index (Phi) is 13.6. The summed E-state index contributed by atoms with van der Waals surface area (Å²) in [7, 11) is 0. The fraction of sp³-hybridized carbons (Fsp3) is 0.875. The molecule has 0 rings (SSSR count). The van der Waals surface area contributed by atoms with Gasteiger partial charge in [0, 0.05) is 12.0 Å². The summed E-state index contributed by atoms with van der Waals surface area (Å²) in [4.78, 5) is 11.2. The minimum atomic E-state index is -9.16. The highest BCUT2D eigenvalue weighted by Gasteiger charge is 2.97. The summed E-state index contributed by atoms with van der Waals surface area (Å²) in [6, 6.07) is 0. The van der Waals surface area contributed by atoms with E-state index >= 15 is 0 Å². The number of hydrogen-bond acceptors (Lipinski definition) is 2. The number of halogens is 21. The highest BCUT2D eigenvalue weighted by atomic mass is 19.4. The van der Waals surface area contributed by atoms with Crippen molar-refractivity contribution in [3.63, 3.8) is 0 Å². The van der Waals surface area contributed by atoms with Gasteiger partial charge in [0.1, 0.15) is 0 Å². The summed E-state index contributed by atoms with van der Waals surface area (Å²) >= 11 is 0. The van der Waals surface area contributed by atoms with Gasteiger partial charge in [0.05, 0.1) is 6.61 Å². The lowest BCUT2D eigenvalue weighted by Crippen LogP contribution is -2.76. The fourth-order valence-corrected chi connectivity index (χ4v) is 3.55. The number of rotatable bonds is 20. The molecule has 0 saturated heterocycles. The number of hydrogen-bond donors (Lipinski definition) is 0. The lowest BCUT2D eigenvalue weighted by molar-refractivity contribution is -0.474. The Labute approximate surface area is 251 Å². The molecule has 0 fully saturated rings. The van der Waals surface area contributed by atoms with Gasteiger partial charge in [-0.05, 0) is 19.8 Å². The first-order chi connectivity index (χ1) is 20.6. The topological polar surface area (TPSA) is 26.3 Å². The van der Waals surface area contributed by atoms with Gasteiger partial charge in [-0.3, -0.25) is 0 Å². The van der Waals surface area contributed by atoms with Crippen molar-refractivity contribution < 1.29 is 102 Å². The minimum absolute atomic E-state index is 0.0190. The minimum Gasteiger partial charge on any atom is -0.462 e. The number of esters is 1. The third kappa shape index (κ3) is 7.98. The molecule has 0 aliphatic carbocycles. The van der Waals surface area contributed by atoms with Crippen molar-refractivity contribution in [2.24, 2.45) is 0 Å². The monoisotopic (exact) mass is 744 g/mol. The third-order valence-corrected chi connectivity index (χ3v) is 6.54. The van der Waals surface area contributed by atoms with E-state index in [-0.39, 0.29) is 25.0 Å². The molecule has 0 spiro atoms. The predicted molar refractivity (Wildman–Crippen MR) is 118 cm³/mol. The van der Waals surface area contributed by atoms with Crippen LogP contribution >= 0.6 is 0 Å². The molecule has 0 radical (unpaired) electrons. The Balaban J connectivity index is 5.72. The highest BCUT2D eigenvalue weighted by molar-refractivity contribution is 5.86. The molecule has 0 amide bonds. The zero-order valence-electron chi connectivity index (χ0n) is 23.5. The zero-order chi connectivity index (χ0) is 37.9. The van der Waals surface area contributed by atoms with Crippen LogP contribution in [0.1, 0.15) is 64.7 Å². The molecule has 0 aliphatic rings. The lowest BCUT2D eigenvalue weighted by atomic mass is 9.85. The van der Waals surface area contributed by atoms with Gasteiger partial charge in [-0.25, -0.2) is 4.79 Å². The van der Waals surface area contributed by atoms with E-state index in [1.54, 1.807) is 0 Å². The van der Waals surface area contributed by atoms with Crippen molar-refractivity contribution in [3.8, 4) is 0 Å². The molecule has 0 atom stereocenters. The van der Waals surface area contributed by atoms with Crippen LogP contribution in [-0.2, 0) is 9.53 Å². The van der Waals surface area contributed by atoms with Crippen LogP contribution < -0.4 is 0 Å². The van der Waals surface area contributed by atoms with Crippen LogP contribution in [0.3, 0.4) is 0 Å². The molecule has 0 aliphatic heterocycles. The molecule has 0 aromatic heterocycles. The smallest absolute Gasteiger partial charge is 0.460 e. The number of unbranched alkanes of at least 4 members (excludes halogenated alkanes) is 7. The van der Waals surface area contributed by atoms with Crippen LogP contribution in [-0.4, -0.2) is 72.1 Å². The average molecular weight is 744 g/mol. The maximum Gasteiger partial charge on any atom is 0.460 e. The number of carbonyl (C=O) groups is 1. The summed E-state index contributed by atoms with van der Waals surface area (Å²) in [5.74, 6) is -77.2. The predicted octanol–water partition coefficient (Wildman–Crippen LogP) is 10.9. The van der Waals surface area contributed by atoms with E-state index in [4.69, 9.17) is 4.74 Å².